The normalized spacial score (nSPS) is 24.5. The molecule has 4 heterocycles. The Morgan fingerprint density at radius 3 is 2.80 bits per heavy atom. The molecule has 0 radical (unpaired) electrons. The van der Waals surface area contributed by atoms with E-state index in [1.807, 2.05) is 36.1 Å². The van der Waals surface area contributed by atoms with Gasteiger partial charge in [-0.3, -0.25) is 19.2 Å². The molecule has 0 spiro atoms. The van der Waals surface area contributed by atoms with Gasteiger partial charge in [0.25, 0.3) is 5.91 Å². The van der Waals surface area contributed by atoms with Gasteiger partial charge in [-0.15, -0.1) is 5.92 Å². The molecule has 35 heavy (non-hydrogen) atoms. The molecule has 2 N–H and O–H groups in total. The standard InChI is InChI=1S/C25H29N8O2/c1-4-5-13-32-21-22(29-24(32)31-12-8-9-17(26)14-31)30(3)25(35)33(23(21)34)15-20-27-16(2)18-10-6-7-11-19(18)28-20/h6-7,10-11,17,21H,8-9,12-15,26H2,1-3H3/q+1. The minimum atomic E-state index is -0.742. The predicted octanol–water partition coefficient (Wildman–Crippen LogP) is 0.928. The van der Waals surface area contributed by atoms with E-state index in [0.717, 1.165) is 36.0 Å². The van der Waals surface area contributed by atoms with Crippen LogP contribution in [0.5, 0.6) is 0 Å². The number of benzene rings is 1. The second-order valence-corrected chi connectivity index (χ2v) is 9.08. The highest BCUT2D eigenvalue weighted by Crippen LogP contribution is 2.25. The molecule has 0 aliphatic carbocycles. The number of piperidine rings is 1. The van der Waals surface area contributed by atoms with Crippen molar-refractivity contribution in [3.05, 3.63) is 35.8 Å². The number of nitrogens with zero attached hydrogens (tertiary/aromatic N) is 7. The molecule has 5 rings (SSSR count). The Labute approximate surface area is 204 Å². The summed E-state index contributed by atoms with van der Waals surface area (Å²) in [7, 11) is 1.65. The molecule has 10 nitrogen and oxygen atoms in total. The highest BCUT2D eigenvalue weighted by molar-refractivity contribution is 6.25. The number of carbonyl (C=O) groups is 2. The van der Waals surface area contributed by atoms with Gasteiger partial charge in [0, 0.05) is 24.2 Å². The number of amidine groups is 1. The number of fused-ring (bicyclic) bond motifs is 2. The van der Waals surface area contributed by atoms with Crippen molar-refractivity contribution in [3.8, 4) is 11.8 Å². The van der Waals surface area contributed by atoms with Crippen molar-refractivity contribution < 1.29 is 14.2 Å². The molecule has 2 aromatic rings. The van der Waals surface area contributed by atoms with E-state index in [2.05, 4.69) is 26.4 Å². The van der Waals surface area contributed by atoms with Crippen molar-refractivity contribution in [2.45, 2.75) is 45.3 Å². The van der Waals surface area contributed by atoms with Gasteiger partial charge in [-0.2, -0.15) is 0 Å². The molecule has 0 bridgehead atoms. The first-order valence-corrected chi connectivity index (χ1v) is 11.8. The molecular formula is C25H29N8O2+. The van der Waals surface area contributed by atoms with Crippen LogP contribution >= 0.6 is 0 Å². The Hall–Kier alpha value is -3.84. The fourth-order valence-corrected chi connectivity index (χ4v) is 4.93. The van der Waals surface area contributed by atoms with Crippen LogP contribution in [0.2, 0.25) is 0 Å². The Balaban J connectivity index is 1.51. The van der Waals surface area contributed by atoms with Crippen molar-refractivity contribution in [1.29, 1.82) is 0 Å². The lowest BCUT2D eigenvalue weighted by atomic mass is 10.1. The first-order chi connectivity index (χ1) is 16.9. The summed E-state index contributed by atoms with van der Waals surface area (Å²) in [5, 5.41) is 0.943. The largest absolute Gasteiger partial charge is 0.393 e. The molecule has 0 saturated carbocycles. The monoisotopic (exact) mass is 473 g/mol. The Kier molecular flexibility index (Phi) is 5.94. The summed E-state index contributed by atoms with van der Waals surface area (Å²) in [5.41, 5.74) is 7.80. The van der Waals surface area contributed by atoms with Crippen molar-refractivity contribution in [3.63, 3.8) is 0 Å². The van der Waals surface area contributed by atoms with Crippen LogP contribution in [0.4, 0.5) is 4.79 Å². The number of guanidine groups is 1. The van der Waals surface area contributed by atoms with Gasteiger partial charge in [-0.25, -0.2) is 19.7 Å². The number of aliphatic imine (C=N–C) groups is 1. The number of hydrogen-bond donors (Lipinski definition) is 1. The van der Waals surface area contributed by atoms with E-state index in [1.54, 1.807) is 14.0 Å². The zero-order valence-corrected chi connectivity index (χ0v) is 20.2. The predicted molar refractivity (Wildman–Crippen MR) is 132 cm³/mol. The van der Waals surface area contributed by atoms with E-state index in [0.29, 0.717) is 30.7 Å². The molecule has 3 amide bonds. The number of rotatable bonds is 3. The van der Waals surface area contributed by atoms with Crippen molar-refractivity contribution in [2.75, 3.05) is 26.7 Å². The molecule has 3 aliphatic rings. The molecule has 2 saturated heterocycles. The lowest BCUT2D eigenvalue weighted by molar-refractivity contribution is -0.544. The average Bonchev–Trinajstić information content (AvgIpc) is 3.24. The van der Waals surface area contributed by atoms with Crippen molar-refractivity contribution in [2.24, 2.45) is 10.7 Å². The summed E-state index contributed by atoms with van der Waals surface area (Å²) in [5.74, 6) is 7.10. The van der Waals surface area contributed by atoms with Gasteiger partial charge in [0.1, 0.15) is 12.4 Å². The van der Waals surface area contributed by atoms with E-state index in [-0.39, 0.29) is 18.5 Å². The van der Waals surface area contributed by atoms with Crippen LogP contribution < -0.4 is 5.73 Å². The lowest BCUT2D eigenvalue weighted by Crippen LogP contribution is -2.63. The molecule has 180 valence electrons. The van der Waals surface area contributed by atoms with Gasteiger partial charge in [0.15, 0.2) is 0 Å². The third-order valence-corrected chi connectivity index (χ3v) is 6.70. The summed E-state index contributed by atoms with van der Waals surface area (Å²) in [6.45, 7) is 5.41. The molecule has 1 aromatic carbocycles. The number of likely N-dealkylation sites (N-methyl/N-ethyl adjacent to an activating group) is 1. The smallest absolute Gasteiger partial charge is 0.325 e. The summed E-state index contributed by atoms with van der Waals surface area (Å²) in [4.78, 5) is 45.6. The number of nitrogens with two attached hydrogens (primary N) is 1. The number of amides is 3. The SMILES string of the molecule is CC#CCN1C(=[N+]2CCCC(N)C2)N=C2C1C(=O)N(Cc1nc(C)c3ccccc3n1)C(=O)N2C. The van der Waals surface area contributed by atoms with Gasteiger partial charge in [-0.1, -0.05) is 29.1 Å². The van der Waals surface area contributed by atoms with Crippen LogP contribution in [-0.4, -0.2) is 91.7 Å². The van der Waals surface area contributed by atoms with E-state index >= 15 is 0 Å². The minimum Gasteiger partial charge on any atom is -0.325 e. The van der Waals surface area contributed by atoms with E-state index < -0.39 is 12.1 Å². The minimum absolute atomic E-state index is 0.0192. The van der Waals surface area contributed by atoms with Crippen LogP contribution in [0.25, 0.3) is 10.9 Å². The highest BCUT2D eigenvalue weighted by atomic mass is 16.2. The zero-order chi connectivity index (χ0) is 24.7. The number of aromatic nitrogens is 2. The molecule has 2 atom stereocenters. The molecule has 3 aliphatic heterocycles. The Morgan fingerprint density at radius 1 is 1.23 bits per heavy atom. The van der Waals surface area contributed by atoms with E-state index in [1.165, 1.54) is 9.80 Å². The number of aryl methyl sites for hydroxylation is 1. The third-order valence-electron chi connectivity index (χ3n) is 6.70. The maximum atomic E-state index is 13.8. The van der Waals surface area contributed by atoms with Crippen molar-refractivity contribution >= 4 is 34.6 Å². The average molecular weight is 474 g/mol. The lowest BCUT2D eigenvalue weighted by Gasteiger charge is -2.34. The van der Waals surface area contributed by atoms with Crippen LogP contribution in [0, 0.1) is 18.8 Å². The van der Waals surface area contributed by atoms with E-state index in [9.17, 15) is 9.59 Å². The maximum absolute atomic E-state index is 13.8. The van der Waals surface area contributed by atoms with Crippen LogP contribution in [0.3, 0.4) is 0 Å². The molecule has 1 aromatic heterocycles. The molecule has 2 fully saturated rings. The fourth-order valence-electron chi connectivity index (χ4n) is 4.93. The maximum Gasteiger partial charge on any atom is 0.393 e. The Morgan fingerprint density at radius 2 is 2.03 bits per heavy atom. The van der Waals surface area contributed by atoms with Gasteiger partial charge < -0.3 is 5.73 Å². The van der Waals surface area contributed by atoms with Gasteiger partial charge in [0.05, 0.1) is 25.2 Å². The van der Waals surface area contributed by atoms with Gasteiger partial charge in [-0.05, 0) is 32.8 Å². The fraction of sp³-hybridized carbons (Fsp3) is 0.440. The number of carbonyl (C=O) groups excluding carboxylic acids is 2. The topological polar surface area (TPSA) is 111 Å². The third kappa shape index (κ3) is 4.02. The molecular weight excluding hydrogens is 444 g/mol. The van der Waals surface area contributed by atoms with Crippen LogP contribution in [-0.2, 0) is 11.3 Å². The summed E-state index contributed by atoms with van der Waals surface area (Å²) < 4.78 is 2.10. The summed E-state index contributed by atoms with van der Waals surface area (Å²) in [6, 6.07) is 6.54. The summed E-state index contributed by atoms with van der Waals surface area (Å²) in [6.07, 6.45) is 1.90. The second kappa shape index (κ2) is 9.07. The molecule has 2 unspecified atom stereocenters. The first-order valence-electron chi connectivity index (χ1n) is 11.8. The second-order valence-electron chi connectivity index (χ2n) is 9.08. The number of hydrogen-bond acceptors (Lipinski definition) is 5. The van der Waals surface area contributed by atoms with Crippen molar-refractivity contribution in [1.82, 2.24) is 24.7 Å². The zero-order valence-electron chi connectivity index (χ0n) is 20.2. The first kappa shape index (κ1) is 22.9. The van der Waals surface area contributed by atoms with E-state index in [4.69, 9.17) is 10.7 Å². The highest BCUT2D eigenvalue weighted by Gasteiger charge is 2.56. The van der Waals surface area contributed by atoms with Crippen LogP contribution in [0.1, 0.15) is 31.3 Å². The Bertz CT molecular complexity index is 1340. The number of imide groups is 1. The quantitative estimate of drug-likeness (QED) is 0.524. The number of urea groups is 1. The van der Waals surface area contributed by atoms with Gasteiger partial charge >= 0.3 is 12.0 Å². The number of para-hydroxylation sites is 1. The molecule has 10 heteroatoms. The summed E-state index contributed by atoms with van der Waals surface area (Å²) >= 11 is 0. The van der Waals surface area contributed by atoms with Gasteiger partial charge in [0.2, 0.25) is 11.9 Å². The van der Waals surface area contributed by atoms with Crippen LogP contribution in [0.15, 0.2) is 29.3 Å².